The molecule has 0 aliphatic carbocycles. The normalized spacial score (nSPS) is 11.5. The highest BCUT2D eigenvalue weighted by Gasteiger charge is 2.21. The van der Waals surface area contributed by atoms with Crippen LogP contribution in [-0.2, 0) is 11.8 Å². The Balaban J connectivity index is 1.62. The number of aromatic nitrogens is 2. The molecule has 0 bridgehead atoms. The molecule has 2 aromatic carbocycles. The van der Waals surface area contributed by atoms with Crippen LogP contribution in [0, 0.1) is 5.82 Å². The summed E-state index contributed by atoms with van der Waals surface area (Å²) >= 11 is 7.28. The molecule has 25 heavy (non-hydrogen) atoms. The highest BCUT2D eigenvalue weighted by atomic mass is 35.5. The van der Waals surface area contributed by atoms with Crippen molar-refractivity contribution >= 4 is 28.3 Å². The van der Waals surface area contributed by atoms with Crippen LogP contribution in [-0.4, -0.2) is 15.9 Å². The second-order valence-corrected chi connectivity index (χ2v) is 7.76. The van der Waals surface area contributed by atoms with E-state index < -0.39 is 0 Å². The summed E-state index contributed by atoms with van der Waals surface area (Å²) in [5.41, 5.74) is 2.00. The molecule has 1 heterocycles. The van der Waals surface area contributed by atoms with Crippen molar-refractivity contribution in [3.63, 3.8) is 0 Å². The average molecular weight is 376 g/mol. The highest BCUT2D eigenvalue weighted by molar-refractivity contribution is 7.09. The first-order valence-corrected chi connectivity index (χ1v) is 9.14. The maximum Gasteiger partial charge on any atom is 0.202 e. The highest BCUT2D eigenvalue weighted by Crippen LogP contribution is 2.26. The van der Waals surface area contributed by atoms with Crippen LogP contribution in [0.25, 0.3) is 0 Å². The Hall–Kier alpha value is -1.98. The van der Waals surface area contributed by atoms with Gasteiger partial charge in [-0.05, 0) is 35.4 Å². The van der Waals surface area contributed by atoms with Gasteiger partial charge in [0.2, 0.25) is 5.13 Å². The Kier molecular flexibility index (Phi) is 5.35. The zero-order valence-corrected chi connectivity index (χ0v) is 15.7. The molecule has 3 rings (SSSR count). The third-order valence-corrected chi connectivity index (χ3v) is 4.99. The quantitative estimate of drug-likeness (QED) is 0.634. The number of nitrogens with one attached hydrogen (secondary N) is 1. The first-order valence-electron chi connectivity index (χ1n) is 7.99. The monoisotopic (exact) mass is 375 g/mol. The lowest BCUT2D eigenvalue weighted by molar-refractivity contribution is 0.557. The van der Waals surface area contributed by atoms with Crippen LogP contribution >= 0.6 is 23.1 Å². The molecule has 6 heteroatoms. The molecule has 0 atom stereocenters. The molecule has 0 spiro atoms. The molecule has 1 aromatic heterocycles. The SMILES string of the molecule is CC(C)(CNc1nc(Cc2cccc(F)c2)ns1)c1ccc(Cl)cc1. The number of rotatable bonds is 6. The van der Waals surface area contributed by atoms with Crippen LogP contribution < -0.4 is 5.32 Å². The van der Waals surface area contributed by atoms with E-state index in [1.807, 2.05) is 30.3 Å². The third kappa shape index (κ3) is 4.77. The van der Waals surface area contributed by atoms with Gasteiger partial charge in [0.25, 0.3) is 0 Å². The fourth-order valence-corrected chi connectivity index (χ4v) is 3.23. The van der Waals surface area contributed by atoms with Gasteiger partial charge in [0.05, 0.1) is 0 Å². The van der Waals surface area contributed by atoms with E-state index in [1.165, 1.54) is 29.2 Å². The van der Waals surface area contributed by atoms with Gasteiger partial charge in [0.15, 0.2) is 0 Å². The number of hydrogen-bond donors (Lipinski definition) is 1. The second-order valence-electron chi connectivity index (χ2n) is 6.57. The lowest BCUT2D eigenvalue weighted by atomic mass is 9.85. The van der Waals surface area contributed by atoms with Gasteiger partial charge in [-0.3, -0.25) is 0 Å². The molecule has 130 valence electrons. The van der Waals surface area contributed by atoms with E-state index in [1.54, 1.807) is 6.07 Å². The summed E-state index contributed by atoms with van der Waals surface area (Å²) in [5, 5.41) is 4.86. The zero-order chi connectivity index (χ0) is 17.9. The van der Waals surface area contributed by atoms with Gasteiger partial charge in [-0.25, -0.2) is 9.37 Å². The number of nitrogens with zero attached hydrogens (tertiary/aromatic N) is 2. The van der Waals surface area contributed by atoms with Gasteiger partial charge < -0.3 is 5.32 Å². The minimum Gasteiger partial charge on any atom is -0.359 e. The number of benzene rings is 2. The smallest absolute Gasteiger partial charge is 0.202 e. The fourth-order valence-electron chi connectivity index (χ4n) is 2.53. The molecule has 0 amide bonds. The van der Waals surface area contributed by atoms with E-state index in [-0.39, 0.29) is 11.2 Å². The van der Waals surface area contributed by atoms with Crippen LogP contribution in [0.15, 0.2) is 48.5 Å². The van der Waals surface area contributed by atoms with Crippen molar-refractivity contribution in [3.8, 4) is 0 Å². The van der Waals surface area contributed by atoms with Crippen LogP contribution in [0.5, 0.6) is 0 Å². The van der Waals surface area contributed by atoms with Crippen LogP contribution in [0.2, 0.25) is 5.02 Å². The maximum atomic E-state index is 13.3. The molecule has 0 radical (unpaired) electrons. The second kappa shape index (κ2) is 7.50. The van der Waals surface area contributed by atoms with Gasteiger partial charge in [-0.1, -0.05) is 49.7 Å². The van der Waals surface area contributed by atoms with Crippen LogP contribution in [0.3, 0.4) is 0 Å². The maximum absolute atomic E-state index is 13.3. The standard InChI is InChI=1S/C19H19ClFN3S/c1-19(2,14-6-8-15(20)9-7-14)12-22-18-23-17(24-25-18)11-13-4-3-5-16(21)10-13/h3-10H,11-12H2,1-2H3,(H,22,23,24). The first kappa shape index (κ1) is 17.8. The molecular weight excluding hydrogens is 357 g/mol. The Bertz CT molecular complexity index is 846. The lowest BCUT2D eigenvalue weighted by Crippen LogP contribution is -2.27. The molecule has 0 aliphatic heterocycles. The summed E-state index contributed by atoms with van der Waals surface area (Å²) in [6.07, 6.45) is 0.524. The minimum atomic E-state index is -0.240. The summed E-state index contributed by atoms with van der Waals surface area (Å²) in [7, 11) is 0. The molecule has 0 aliphatic rings. The van der Waals surface area contributed by atoms with Crippen molar-refractivity contribution < 1.29 is 4.39 Å². The van der Waals surface area contributed by atoms with Crippen molar-refractivity contribution in [2.75, 3.05) is 11.9 Å². The predicted molar refractivity (Wildman–Crippen MR) is 102 cm³/mol. The first-order chi connectivity index (χ1) is 11.9. The summed E-state index contributed by atoms with van der Waals surface area (Å²) in [4.78, 5) is 4.50. The molecule has 0 saturated heterocycles. The zero-order valence-electron chi connectivity index (χ0n) is 14.1. The molecule has 0 fully saturated rings. The van der Waals surface area contributed by atoms with E-state index in [0.717, 1.165) is 22.3 Å². The van der Waals surface area contributed by atoms with Crippen molar-refractivity contribution in [1.29, 1.82) is 0 Å². The molecule has 0 unspecified atom stereocenters. The van der Waals surface area contributed by atoms with Gasteiger partial charge >= 0.3 is 0 Å². The van der Waals surface area contributed by atoms with E-state index in [2.05, 4.69) is 28.5 Å². The molecule has 3 nitrogen and oxygen atoms in total. The largest absolute Gasteiger partial charge is 0.359 e. The Labute approximate surface area is 156 Å². The number of hydrogen-bond acceptors (Lipinski definition) is 4. The van der Waals surface area contributed by atoms with E-state index in [0.29, 0.717) is 12.2 Å². The minimum absolute atomic E-state index is 0.0705. The molecule has 0 saturated carbocycles. The molecular formula is C19H19ClFN3S. The summed E-state index contributed by atoms with van der Waals surface area (Å²) in [5.74, 6) is 0.457. The van der Waals surface area contributed by atoms with Crippen LogP contribution in [0.4, 0.5) is 9.52 Å². The van der Waals surface area contributed by atoms with E-state index in [9.17, 15) is 4.39 Å². The van der Waals surface area contributed by atoms with E-state index >= 15 is 0 Å². The van der Waals surface area contributed by atoms with Gasteiger partial charge in [-0.15, -0.1) is 0 Å². The predicted octanol–water partition coefficient (Wildman–Crippen LogP) is 5.31. The number of halogens is 2. The van der Waals surface area contributed by atoms with Crippen molar-refractivity contribution in [3.05, 3.63) is 76.3 Å². The molecule has 3 aromatic rings. The number of anilines is 1. The van der Waals surface area contributed by atoms with Crippen molar-refractivity contribution in [2.24, 2.45) is 0 Å². The van der Waals surface area contributed by atoms with Gasteiger partial charge in [-0.2, -0.15) is 4.37 Å². The Morgan fingerprint density at radius 3 is 2.64 bits per heavy atom. The van der Waals surface area contributed by atoms with Crippen molar-refractivity contribution in [2.45, 2.75) is 25.7 Å². The summed E-state index contributed by atoms with van der Waals surface area (Å²) < 4.78 is 17.6. The third-order valence-electron chi connectivity index (χ3n) is 4.03. The van der Waals surface area contributed by atoms with Crippen LogP contribution in [0.1, 0.15) is 30.8 Å². The average Bonchev–Trinajstić information content (AvgIpc) is 3.01. The molecule has 1 N–H and O–H groups in total. The van der Waals surface area contributed by atoms with Crippen molar-refractivity contribution in [1.82, 2.24) is 9.36 Å². The van der Waals surface area contributed by atoms with Gasteiger partial charge in [0.1, 0.15) is 11.6 Å². The van der Waals surface area contributed by atoms with E-state index in [4.69, 9.17) is 11.6 Å². The fraction of sp³-hybridized carbons (Fsp3) is 0.263. The summed E-state index contributed by atoms with van der Waals surface area (Å²) in [6, 6.07) is 14.4. The topological polar surface area (TPSA) is 37.8 Å². The van der Waals surface area contributed by atoms with Gasteiger partial charge in [0, 0.05) is 34.9 Å². The lowest BCUT2D eigenvalue weighted by Gasteiger charge is -2.25. The summed E-state index contributed by atoms with van der Waals surface area (Å²) in [6.45, 7) is 5.05. The Morgan fingerprint density at radius 1 is 1.16 bits per heavy atom. The Morgan fingerprint density at radius 2 is 1.92 bits per heavy atom.